The molecular formula is C7H5Br2IO. The lowest BCUT2D eigenvalue weighted by Gasteiger charge is -2.05. The largest absolute Gasteiger partial charge is 0.494 e. The summed E-state index contributed by atoms with van der Waals surface area (Å²) >= 11 is 9.05. The zero-order chi connectivity index (χ0) is 8.43. The quantitative estimate of drug-likeness (QED) is 0.661. The molecule has 0 saturated carbocycles. The Labute approximate surface area is 95.9 Å². The molecule has 0 heterocycles. The molecule has 0 bridgehead atoms. The standard InChI is InChI=1S/C7H5Br2IO/c1-11-7-5(8)2-4(10)3-6(7)9/h2-3H,1H3. The first kappa shape index (κ1) is 9.80. The highest BCUT2D eigenvalue weighted by atomic mass is 127. The third kappa shape index (κ3) is 2.32. The fraction of sp³-hybridized carbons (Fsp3) is 0.143. The summed E-state index contributed by atoms with van der Waals surface area (Å²) < 4.78 is 8.24. The molecule has 1 nitrogen and oxygen atoms in total. The third-order valence-electron chi connectivity index (χ3n) is 1.17. The SMILES string of the molecule is COc1c(Br)cc(I)cc1Br. The fourth-order valence-electron chi connectivity index (χ4n) is 0.724. The Kier molecular flexibility index (Phi) is 3.64. The molecule has 1 aromatic rings. The maximum Gasteiger partial charge on any atom is 0.147 e. The lowest BCUT2D eigenvalue weighted by molar-refractivity contribution is 0.409. The van der Waals surface area contributed by atoms with E-state index in [-0.39, 0.29) is 0 Å². The van der Waals surface area contributed by atoms with E-state index in [1.54, 1.807) is 7.11 Å². The van der Waals surface area contributed by atoms with Crippen LogP contribution in [0.2, 0.25) is 0 Å². The van der Waals surface area contributed by atoms with Gasteiger partial charge in [0.05, 0.1) is 16.1 Å². The molecule has 0 aliphatic carbocycles. The van der Waals surface area contributed by atoms with Crippen molar-refractivity contribution in [1.82, 2.24) is 0 Å². The van der Waals surface area contributed by atoms with E-state index in [0.29, 0.717) is 0 Å². The monoisotopic (exact) mass is 390 g/mol. The van der Waals surface area contributed by atoms with Gasteiger partial charge in [0.2, 0.25) is 0 Å². The van der Waals surface area contributed by atoms with E-state index in [1.807, 2.05) is 12.1 Å². The van der Waals surface area contributed by atoms with Crippen LogP contribution in [0.1, 0.15) is 0 Å². The molecular weight excluding hydrogens is 387 g/mol. The second-order valence-corrected chi connectivity index (χ2v) is 4.86. The smallest absolute Gasteiger partial charge is 0.147 e. The fourth-order valence-corrected chi connectivity index (χ4v) is 3.71. The van der Waals surface area contributed by atoms with Gasteiger partial charge < -0.3 is 4.74 Å². The molecule has 0 aliphatic rings. The molecule has 0 radical (unpaired) electrons. The van der Waals surface area contributed by atoms with Crippen LogP contribution in [-0.4, -0.2) is 7.11 Å². The molecule has 60 valence electrons. The number of rotatable bonds is 1. The van der Waals surface area contributed by atoms with Crippen LogP contribution in [0.25, 0.3) is 0 Å². The lowest BCUT2D eigenvalue weighted by Crippen LogP contribution is -1.86. The topological polar surface area (TPSA) is 9.23 Å². The number of hydrogen-bond acceptors (Lipinski definition) is 1. The van der Waals surface area contributed by atoms with Crippen LogP contribution >= 0.6 is 54.5 Å². The predicted molar refractivity (Wildman–Crippen MR) is 61.1 cm³/mol. The Morgan fingerprint density at radius 2 is 1.73 bits per heavy atom. The molecule has 0 saturated heterocycles. The molecule has 0 fully saturated rings. The number of halogens is 3. The summed E-state index contributed by atoms with van der Waals surface area (Å²) in [7, 11) is 1.65. The van der Waals surface area contributed by atoms with Crippen LogP contribution in [0.5, 0.6) is 5.75 Å². The average Bonchev–Trinajstić information content (AvgIpc) is 1.85. The van der Waals surface area contributed by atoms with E-state index in [0.717, 1.165) is 14.7 Å². The van der Waals surface area contributed by atoms with E-state index in [1.165, 1.54) is 3.57 Å². The maximum absolute atomic E-state index is 5.13. The summed E-state index contributed by atoms with van der Waals surface area (Å²) in [5.41, 5.74) is 0. The van der Waals surface area contributed by atoms with Crippen molar-refractivity contribution in [2.45, 2.75) is 0 Å². The van der Waals surface area contributed by atoms with Crippen LogP contribution in [0.4, 0.5) is 0 Å². The van der Waals surface area contributed by atoms with Gasteiger partial charge in [0.1, 0.15) is 5.75 Å². The minimum atomic E-state index is 0.838. The highest BCUT2D eigenvalue weighted by molar-refractivity contribution is 14.1. The van der Waals surface area contributed by atoms with Gasteiger partial charge in [-0.05, 0) is 66.6 Å². The van der Waals surface area contributed by atoms with Crippen LogP contribution in [0, 0.1) is 3.57 Å². The van der Waals surface area contributed by atoms with Gasteiger partial charge in [-0.2, -0.15) is 0 Å². The van der Waals surface area contributed by atoms with E-state index in [9.17, 15) is 0 Å². The summed E-state index contributed by atoms with van der Waals surface area (Å²) in [6.07, 6.45) is 0. The zero-order valence-electron chi connectivity index (χ0n) is 5.70. The van der Waals surface area contributed by atoms with E-state index >= 15 is 0 Å². The number of ether oxygens (including phenoxy) is 1. The van der Waals surface area contributed by atoms with E-state index < -0.39 is 0 Å². The summed E-state index contributed by atoms with van der Waals surface area (Å²) in [5, 5.41) is 0. The van der Waals surface area contributed by atoms with Crippen molar-refractivity contribution in [2.24, 2.45) is 0 Å². The summed E-state index contributed by atoms with van der Waals surface area (Å²) in [4.78, 5) is 0. The van der Waals surface area contributed by atoms with Gasteiger partial charge in [-0.15, -0.1) is 0 Å². The second-order valence-electron chi connectivity index (χ2n) is 1.90. The van der Waals surface area contributed by atoms with Gasteiger partial charge in [-0.1, -0.05) is 0 Å². The summed E-state index contributed by atoms with van der Waals surface area (Å²) in [5.74, 6) is 0.838. The first-order valence-corrected chi connectivity index (χ1v) is 5.50. The van der Waals surface area contributed by atoms with Crippen LogP contribution in [0.3, 0.4) is 0 Å². The predicted octanol–water partition coefficient (Wildman–Crippen LogP) is 3.82. The molecule has 0 atom stereocenters. The molecule has 1 aromatic carbocycles. The minimum absolute atomic E-state index is 0.838. The minimum Gasteiger partial charge on any atom is -0.494 e. The van der Waals surface area contributed by atoms with E-state index in [4.69, 9.17) is 4.74 Å². The van der Waals surface area contributed by atoms with Gasteiger partial charge in [-0.3, -0.25) is 0 Å². The lowest BCUT2D eigenvalue weighted by atomic mass is 10.3. The van der Waals surface area contributed by atoms with Crippen molar-refractivity contribution in [2.75, 3.05) is 7.11 Å². The molecule has 4 heteroatoms. The molecule has 0 spiro atoms. The molecule has 0 aromatic heterocycles. The number of benzene rings is 1. The molecule has 0 N–H and O–H groups in total. The van der Waals surface area contributed by atoms with Crippen molar-refractivity contribution in [3.63, 3.8) is 0 Å². The first-order valence-electron chi connectivity index (χ1n) is 2.83. The molecule has 0 amide bonds. The maximum atomic E-state index is 5.13. The Balaban J connectivity index is 3.25. The Morgan fingerprint density at radius 3 is 2.09 bits per heavy atom. The number of hydrogen-bond donors (Lipinski definition) is 0. The summed E-state index contributed by atoms with van der Waals surface area (Å²) in [6, 6.07) is 4.01. The van der Waals surface area contributed by atoms with Crippen LogP contribution in [-0.2, 0) is 0 Å². The van der Waals surface area contributed by atoms with Crippen molar-refractivity contribution in [3.8, 4) is 5.75 Å². The second kappa shape index (κ2) is 4.09. The highest BCUT2D eigenvalue weighted by Gasteiger charge is 2.05. The molecule has 0 unspecified atom stereocenters. The Morgan fingerprint density at radius 1 is 1.27 bits per heavy atom. The average molecular weight is 392 g/mol. The molecule has 1 rings (SSSR count). The van der Waals surface area contributed by atoms with Gasteiger partial charge in [-0.25, -0.2) is 0 Å². The van der Waals surface area contributed by atoms with Gasteiger partial charge in [0, 0.05) is 3.57 Å². The van der Waals surface area contributed by atoms with Gasteiger partial charge >= 0.3 is 0 Å². The molecule has 11 heavy (non-hydrogen) atoms. The zero-order valence-corrected chi connectivity index (χ0v) is 11.0. The Hall–Kier alpha value is 0.710. The van der Waals surface area contributed by atoms with Crippen molar-refractivity contribution >= 4 is 54.5 Å². The molecule has 0 aliphatic heterocycles. The Bertz CT molecular complexity index is 252. The van der Waals surface area contributed by atoms with Crippen molar-refractivity contribution < 1.29 is 4.74 Å². The highest BCUT2D eigenvalue weighted by Crippen LogP contribution is 2.34. The van der Waals surface area contributed by atoms with Crippen LogP contribution < -0.4 is 4.74 Å². The summed E-state index contributed by atoms with van der Waals surface area (Å²) in [6.45, 7) is 0. The van der Waals surface area contributed by atoms with Gasteiger partial charge in [0.25, 0.3) is 0 Å². The van der Waals surface area contributed by atoms with Crippen LogP contribution in [0.15, 0.2) is 21.1 Å². The first-order chi connectivity index (χ1) is 5.15. The normalized spacial score (nSPS) is 9.82. The van der Waals surface area contributed by atoms with Gasteiger partial charge in [0.15, 0.2) is 0 Å². The van der Waals surface area contributed by atoms with Crippen molar-refractivity contribution in [3.05, 3.63) is 24.6 Å². The number of methoxy groups -OCH3 is 1. The third-order valence-corrected chi connectivity index (χ3v) is 2.97. The van der Waals surface area contributed by atoms with E-state index in [2.05, 4.69) is 54.5 Å². The van der Waals surface area contributed by atoms with Crippen molar-refractivity contribution in [1.29, 1.82) is 0 Å².